The molecular weight excluding hydrogens is 364 g/mol. The van der Waals surface area contributed by atoms with E-state index in [1.807, 2.05) is 0 Å². The van der Waals surface area contributed by atoms with Gasteiger partial charge in [0, 0.05) is 27.4 Å². The second kappa shape index (κ2) is 6.37. The van der Waals surface area contributed by atoms with Crippen LogP contribution < -0.4 is 11.1 Å². The minimum absolute atomic E-state index is 0.142. The summed E-state index contributed by atoms with van der Waals surface area (Å²) in [5.41, 5.74) is 7.58. The number of carbonyl (C=O) groups is 3. The van der Waals surface area contributed by atoms with Crippen molar-refractivity contribution in [3.8, 4) is 0 Å². The SMILES string of the molecule is Nc1cccc2c1C(=O)c1c(NC(=O)c3cccc(Cl)c3)cccc1C2=O. The molecule has 0 radical (unpaired) electrons. The summed E-state index contributed by atoms with van der Waals surface area (Å²) >= 11 is 5.93. The van der Waals surface area contributed by atoms with E-state index < -0.39 is 5.91 Å². The van der Waals surface area contributed by atoms with Crippen LogP contribution in [0.25, 0.3) is 0 Å². The highest BCUT2D eigenvalue weighted by Crippen LogP contribution is 2.34. The average molecular weight is 377 g/mol. The van der Waals surface area contributed by atoms with Gasteiger partial charge in [-0.3, -0.25) is 14.4 Å². The topological polar surface area (TPSA) is 89.3 Å². The van der Waals surface area contributed by atoms with Crippen molar-refractivity contribution in [1.82, 2.24) is 0 Å². The van der Waals surface area contributed by atoms with E-state index in [4.69, 9.17) is 17.3 Å². The van der Waals surface area contributed by atoms with E-state index in [-0.39, 0.29) is 45.2 Å². The van der Waals surface area contributed by atoms with E-state index in [0.29, 0.717) is 10.6 Å². The summed E-state index contributed by atoms with van der Waals surface area (Å²) in [4.78, 5) is 38.4. The fraction of sp³-hybridized carbons (Fsp3) is 0. The first-order valence-corrected chi connectivity index (χ1v) is 8.53. The van der Waals surface area contributed by atoms with Crippen molar-refractivity contribution in [1.29, 1.82) is 0 Å². The lowest BCUT2D eigenvalue weighted by Crippen LogP contribution is -2.25. The number of halogens is 1. The Morgan fingerprint density at radius 1 is 0.852 bits per heavy atom. The first kappa shape index (κ1) is 17.0. The molecule has 5 nitrogen and oxygen atoms in total. The summed E-state index contributed by atoms with van der Waals surface area (Å²) in [6.07, 6.45) is 0. The van der Waals surface area contributed by atoms with Gasteiger partial charge in [-0.2, -0.15) is 0 Å². The highest BCUT2D eigenvalue weighted by molar-refractivity contribution is 6.32. The van der Waals surface area contributed by atoms with Crippen LogP contribution in [0.5, 0.6) is 0 Å². The number of nitrogens with one attached hydrogen (secondary N) is 1. The van der Waals surface area contributed by atoms with Gasteiger partial charge in [0.25, 0.3) is 5.91 Å². The lowest BCUT2D eigenvalue weighted by molar-refractivity contribution is 0.0979. The monoisotopic (exact) mass is 376 g/mol. The van der Waals surface area contributed by atoms with Gasteiger partial charge in [-0.05, 0) is 30.3 Å². The largest absolute Gasteiger partial charge is 0.398 e. The number of fused-ring (bicyclic) bond motifs is 2. The summed E-state index contributed by atoms with van der Waals surface area (Å²) in [5, 5.41) is 3.13. The molecule has 0 saturated carbocycles. The van der Waals surface area contributed by atoms with Gasteiger partial charge in [-0.25, -0.2) is 0 Å². The van der Waals surface area contributed by atoms with Crippen LogP contribution in [0.2, 0.25) is 5.02 Å². The van der Waals surface area contributed by atoms with Gasteiger partial charge in [0.2, 0.25) is 0 Å². The fourth-order valence-electron chi connectivity index (χ4n) is 3.20. The fourth-order valence-corrected chi connectivity index (χ4v) is 3.39. The lowest BCUT2D eigenvalue weighted by atomic mass is 9.82. The van der Waals surface area contributed by atoms with Crippen LogP contribution in [0.15, 0.2) is 60.7 Å². The zero-order chi connectivity index (χ0) is 19.1. The Labute approximate surface area is 159 Å². The molecule has 1 amide bonds. The average Bonchev–Trinajstić information content (AvgIpc) is 2.66. The molecule has 0 saturated heterocycles. The van der Waals surface area contributed by atoms with Crippen LogP contribution in [-0.2, 0) is 0 Å². The summed E-state index contributed by atoms with van der Waals surface area (Å²) in [6.45, 7) is 0. The highest BCUT2D eigenvalue weighted by Gasteiger charge is 2.33. The molecule has 3 N–H and O–H groups in total. The summed E-state index contributed by atoms with van der Waals surface area (Å²) in [6, 6.07) is 16.0. The van der Waals surface area contributed by atoms with Crippen molar-refractivity contribution in [2.45, 2.75) is 0 Å². The first-order valence-electron chi connectivity index (χ1n) is 8.15. The third kappa shape index (κ3) is 2.78. The van der Waals surface area contributed by atoms with Gasteiger partial charge in [0.15, 0.2) is 11.6 Å². The molecule has 0 aromatic heterocycles. The lowest BCUT2D eigenvalue weighted by Gasteiger charge is -2.21. The van der Waals surface area contributed by atoms with Crippen LogP contribution in [0.1, 0.15) is 42.2 Å². The molecule has 0 heterocycles. The summed E-state index contributed by atoms with van der Waals surface area (Å²) in [7, 11) is 0. The molecule has 6 heteroatoms. The van der Waals surface area contributed by atoms with Crippen molar-refractivity contribution in [3.63, 3.8) is 0 Å². The normalized spacial score (nSPS) is 12.3. The van der Waals surface area contributed by atoms with Gasteiger partial charge >= 0.3 is 0 Å². The van der Waals surface area contributed by atoms with Crippen molar-refractivity contribution in [3.05, 3.63) is 93.5 Å². The van der Waals surface area contributed by atoms with E-state index in [0.717, 1.165) is 0 Å². The number of amides is 1. The van der Waals surface area contributed by atoms with Crippen molar-refractivity contribution in [2.24, 2.45) is 0 Å². The van der Waals surface area contributed by atoms with Crippen molar-refractivity contribution in [2.75, 3.05) is 11.1 Å². The van der Waals surface area contributed by atoms with Gasteiger partial charge in [0.05, 0.1) is 16.8 Å². The third-order valence-corrected chi connectivity index (χ3v) is 4.67. The van der Waals surface area contributed by atoms with Crippen molar-refractivity contribution < 1.29 is 14.4 Å². The third-order valence-electron chi connectivity index (χ3n) is 4.44. The Bertz CT molecular complexity index is 1140. The Hall–Kier alpha value is -3.44. The van der Waals surface area contributed by atoms with Crippen molar-refractivity contribution >= 4 is 40.4 Å². The predicted octanol–water partition coefficient (Wildman–Crippen LogP) is 3.95. The number of hydrogen-bond donors (Lipinski definition) is 2. The van der Waals surface area contributed by atoms with Crippen LogP contribution in [0.4, 0.5) is 11.4 Å². The molecule has 4 rings (SSSR count). The Morgan fingerprint density at radius 3 is 2.26 bits per heavy atom. The van der Waals surface area contributed by atoms with Crippen LogP contribution >= 0.6 is 11.6 Å². The number of benzene rings is 3. The molecule has 1 aliphatic carbocycles. The molecule has 0 fully saturated rings. The number of ketones is 2. The quantitative estimate of drug-likeness (QED) is 0.518. The Morgan fingerprint density at radius 2 is 1.52 bits per heavy atom. The van der Waals surface area contributed by atoms with Crippen LogP contribution in [0.3, 0.4) is 0 Å². The minimum atomic E-state index is -0.432. The molecule has 1 aliphatic rings. The number of hydrogen-bond acceptors (Lipinski definition) is 4. The maximum atomic E-state index is 13.1. The zero-order valence-corrected chi connectivity index (χ0v) is 14.7. The molecule has 3 aromatic rings. The molecule has 0 spiro atoms. The molecule has 0 atom stereocenters. The molecule has 3 aromatic carbocycles. The minimum Gasteiger partial charge on any atom is -0.398 e. The summed E-state index contributed by atoms with van der Waals surface area (Å²) < 4.78 is 0. The molecule has 0 unspecified atom stereocenters. The van der Waals surface area contributed by atoms with Gasteiger partial charge in [0.1, 0.15) is 0 Å². The standard InChI is InChI=1S/C21H13ClN2O3/c22-12-5-1-4-11(10-12)21(27)24-16-9-3-7-14-18(16)20(26)17-13(19(14)25)6-2-8-15(17)23/h1-10H,23H2,(H,24,27). The van der Waals surface area contributed by atoms with Crippen LogP contribution in [0, 0.1) is 0 Å². The second-order valence-electron chi connectivity index (χ2n) is 6.12. The smallest absolute Gasteiger partial charge is 0.255 e. The van der Waals surface area contributed by atoms with E-state index in [2.05, 4.69) is 5.32 Å². The summed E-state index contributed by atoms with van der Waals surface area (Å²) in [5.74, 6) is -1.12. The Kier molecular flexibility index (Phi) is 4.01. The highest BCUT2D eigenvalue weighted by atomic mass is 35.5. The number of rotatable bonds is 2. The maximum absolute atomic E-state index is 13.1. The molecule has 132 valence electrons. The number of nitrogen functional groups attached to an aromatic ring is 1. The maximum Gasteiger partial charge on any atom is 0.255 e. The van der Waals surface area contributed by atoms with E-state index >= 15 is 0 Å². The molecule has 0 aliphatic heterocycles. The number of anilines is 2. The van der Waals surface area contributed by atoms with E-state index in [9.17, 15) is 14.4 Å². The number of carbonyl (C=O) groups excluding carboxylic acids is 3. The molecule has 27 heavy (non-hydrogen) atoms. The molecule has 0 bridgehead atoms. The van der Waals surface area contributed by atoms with Crippen LogP contribution in [-0.4, -0.2) is 17.5 Å². The van der Waals surface area contributed by atoms with Gasteiger partial charge in [-0.1, -0.05) is 41.9 Å². The Balaban J connectivity index is 1.80. The van der Waals surface area contributed by atoms with Gasteiger partial charge < -0.3 is 11.1 Å². The zero-order valence-electron chi connectivity index (χ0n) is 14.0. The molecular formula is C21H13ClN2O3. The first-order chi connectivity index (χ1) is 13.0. The van der Waals surface area contributed by atoms with E-state index in [1.165, 1.54) is 6.07 Å². The predicted molar refractivity (Wildman–Crippen MR) is 104 cm³/mol. The van der Waals surface area contributed by atoms with E-state index in [1.54, 1.807) is 54.6 Å². The van der Waals surface area contributed by atoms with Gasteiger partial charge in [-0.15, -0.1) is 0 Å². The number of nitrogens with two attached hydrogens (primary N) is 1. The second-order valence-corrected chi connectivity index (χ2v) is 6.56.